The molecule has 0 aromatic heterocycles. The van der Waals surface area contributed by atoms with Crippen molar-refractivity contribution in [1.82, 2.24) is 4.90 Å². The summed E-state index contributed by atoms with van der Waals surface area (Å²) in [6.07, 6.45) is 5.04. The number of amides is 3. The molecule has 5 nitrogen and oxygen atoms in total. The molecule has 132 valence electrons. The van der Waals surface area contributed by atoms with Crippen LogP contribution in [0, 0.1) is 11.8 Å². The summed E-state index contributed by atoms with van der Waals surface area (Å²) in [5.41, 5.74) is 1.88. The molecule has 3 amide bonds. The number of likely N-dealkylation sites (tertiary alicyclic amines) is 1. The Balaban J connectivity index is 1.63. The Morgan fingerprint density at radius 2 is 1.56 bits per heavy atom. The number of hydrogen-bond donors (Lipinski definition) is 1. The number of anilines is 1. The van der Waals surface area contributed by atoms with E-state index in [0.717, 1.165) is 4.90 Å². The van der Waals surface area contributed by atoms with E-state index >= 15 is 0 Å². The van der Waals surface area contributed by atoms with Crippen LogP contribution in [0.1, 0.15) is 39.2 Å². The van der Waals surface area contributed by atoms with Crippen LogP contribution in [0.15, 0.2) is 36.4 Å². The highest BCUT2D eigenvalue weighted by molar-refractivity contribution is 6.08. The predicted octanol–water partition coefficient (Wildman–Crippen LogP) is 2.87. The Hall–Kier alpha value is -2.43. The van der Waals surface area contributed by atoms with Crippen LogP contribution in [0.25, 0.3) is 0 Å². The standard InChI is InChI=1S/C20H24N2O3/c1-20(2,3)13-8-10-14(11-9-13)21-17(23)12-22-18(24)15-6-4-5-7-16(15)19(22)25/h4-5,8-11,15-16H,6-7,12H2,1-3H3,(H,21,23)/t15-,16+. The second-order valence-corrected chi connectivity index (χ2v) is 7.79. The summed E-state index contributed by atoms with van der Waals surface area (Å²) in [6.45, 7) is 6.16. The van der Waals surface area contributed by atoms with E-state index in [0.29, 0.717) is 18.5 Å². The minimum Gasteiger partial charge on any atom is -0.325 e. The van der Waals surface area contributed by atoms with E-state index in [2.05, 4.69) is 26.1 Å². The molecule has 0 spiro atoms. The summed E-state index contributed by atoms with van der Waals surface area (Å²) in [6, 6.07) is 7.63. The fraction of sp³-hybridized carbons (Fsp3) is 0.450. The quantitative estimate of drug-likeness (QED) is 0.680. The van der Waals surface area contributed by atoms with Gasteiger partial charge in [0.25, 0.3) is 0 Å². The van der Waals surface area contributed by atoms with Crippen LogP contribution in [0.5, 0.6) is 0 Å². The first kappa shape index (κ1) is 17.4. The molecule has 1 heterocycles. The molecular weight excluding hydrogens is 316 g/mol. The van der Waals surface area contributed by atoms with Crippen LogP contribution < -0.4 is 5.32 Å². The Morgan fingerprint density at radius 1 is 1.04 bits per heavy atom. The van der Waals surface area contributed by atoms with Gasteiger partial charge in [-0.25, -0.2) is 0 Å². The SMILES string of the molecule is CC(C)(C)c1ccc(NC(=O)CN2C(=O)[C@H]3CC=CC[C@H]3C2=O)cc1. The van der Waals surface area contributed by atoms with E-state index < -0.39 is 0 Å². The van der Waals surface area contributed by atoms with Gasteiger partial charge in [0.2, 0.25) is 17.7 Å². The molecule has 25 heavy (non-hydrogen) atoms. The molecule has 2 aliphatic rings. The minimum atomic E-state index is -0.350. The van der Waals surface area contributed by atoms with Gasteiger partial charge >= 0.3 is 0 Å². The van der Waals surface area contributed by atoms with Gasteiger partial charge in [0.05, 0.1) is 11.8 Å². The van der Waals surface area contributed by atoms with Crippen molar-refractivity contribution in [3.05, 3.63) is 42.0 Å². The third kappa shape index (κ3) is 3.50. The number of benzene rings is 1. The second-order valence-electron chi connectivity index (χ2n) is 7.79. The number of carbonyl (C=O) groups excluding carboxylic acids is 3. The number of fused-ring (bicyclic) bond motifs is 1. The van der Waals surface area contributed by atoms with Crippen molar-refractivity contribution in [2.45, 2.75) is 39.0 Å². The zero-order valence-corrected chi connectivity index (χ0v) is 14.9. The number of nitrogens with zero attached hydrogens (tertiary/aromatic N) is 1. The predicted molar refractivity (Wildman–Crippen MR) is 95.8 cm³/mol. The molecule has 0 radical (unpaired) electrons. The first-order valence-electron chi connectivity index (χ1n) is 8.68. The fourth-order valence-electron chi connectivity index (χ4n) is 3.42. The smallest absolute Gasteiger partial charge is 0.244 e. The van der Waals surface area contributed by atoms with Crippen LogP contribution in [0.2, 0.25) is 0 Å². The van der Waals surface area contributed by atoms with Gasteiger partial charge in [-0.3, -0.25) is 19.3 Å². The molecule has 1 N–H and O–H groups in total. The highest BCUT2D eigenvalue weighted by Gasteiger charge is 2.47. The number of imide groups is 1. The lowest BCUT2D eigenvalue weighted by molar-refractivity contribution is -0.142. The molecule has 0 unspecified atom stereocenters. The Labute approximate surface area is 148 Å². The average molecular weight is 340 g/mol. The van der Waals surface area contributed by atoms with E-state index in [1.54, 1.807) is 0 Å². The topological polar surface area (TPSA) is 66.5 Å². The molecule has 1 saturated heterocycles. The second kappa shape index (κ2) is 6.47. The lowest BCUT2D eigenvalue weighted by atomic mass is 9.85. The van der Waals surface area contributed by atoms with Crippen molar-refractivity contribution in [2.75, 3.05) is 11.9 Å². The van der Waals surface area contributed by atoms with Crippen molar-refractivity contribution in [2.24, 2.45) is 11.8 Å². The van der Waals surface area contributed by atoms with E-state index in [-0.39, 0.29) is 41.5 Å². The Kier molecular flexibility index (Phi) is 4.50. The molecule has 5 heteroatoms. The number of rotatable bonds is 3. The molecular formula is C20H24N2O3. The van der Waals surface area contributed by atoms with Gasteiger partial charge in [0.1, 0.15) is 6.54 Å². The largest absolute Gasteiger partial charge is 0.325 e. The summed E-state index contributed by atoms with van der Waals surface area (Å²) in [7, 11) is 0. The average Bonchev–Trinajstić information content (AvgIpc) is 2.80. The van der Waals surface area contributed by atoms with Gasteiger partial charge in [-0.05, 0) is 36.0 Å². The summed E-state index contributed by atoms with van der Waals surface area (Å²) in [4.78, 5) is 38.2. The molecule has 1 aromatic carbocycles. The third-order valence-corrected chi connectivity index (χ3v) is 4.94. The lowest BCUT2D eigenvalue weighted by Gasteiger charge is -2.19. The Bertz CT molecular complexity index is 702. The first-order chi connectivity index (χ1) is 11.8. The molecule has 0 bridgehead atoms. The van der Waals surface area contributed by atoms with Gasteiger partial charge in [-0.1, -0.05) is 45.1 Å². The van der Waals surface area contributed by atoms with Crippen LogP contribution in [-0.4, -0.2) is 29.2 Å². The summed E-state index contributed by atoms with van der Waals surface area (Å²) in [5, 5.41) is 2.77. The van der Waals surface area contributed by atoms with Crippen LogP contribution in [0.3, 0.4) is 0 Å². The fourth-order valence-corrected chi connectivity index (χ4v) is 3.42. The number of nitrogens with one attached hydrogen (secondary N) is 1. The summed E-state index contributed by atoms with van der Waals surface area (Å²) >= 11 is 0. The molecule has 0 saturated carbocycles. The monoisotopic (exact) mass is 340 g/mol. The Morgan fingerprint density at radius 3 is 2.04 bits per heavy atom. The van der Waals surface area contributed by atoms with Gasteiger partial charge in [0.15, 0.2) is 0 Å². The van der Waals surface area contributed by atoms with Gasteiger partial charge in [-0.2, -0.15) is 0 Å². The number of hydrogen-bond acceptors (Lipinski definition) is 3. The minimum absolute atomic E-state index is 0.0429. The van der Waals surface area contributed by atoms with E-state index in [9.17, 15) is 14.4 Å². The van der Waals surface area contributed by atoms with E-state index in [4.69, 9.17) is 0 Å². The van der Waals surface area contributed by atoms with Crippen molar-refractivity contribution >= 4 is 23.4 Å². The maximum absolute atomic E-state index is 12.4. The zero-order chi connectivity index (χ0) is 18.2. The van der Waals surface area contributed by atoms with Gasteiger partial charge in [0, 0.05) is 5.69 Å². The molecule has 1 aliphatic heterocycles. The van der Waals surface area contributed by atoms with Crippen molar-refractivity contribution in [3.63, 3.8) is 0 Å². The van der Waals surface area contributed by atoms with Crippen molar-refractivity contribution < 1.29 is 14.4 Å². The summed E-state index contributed by atoms with van der Waals surface area (Å²) < 4.78 is 0. The zero-order valence-electron chi connectivity index (χ0n) is 14.9. The van der Waals surface area contributed by atoms with Crippen LogP contribution in [-0.2, 0) is 19.8 Å². The normalized spacial score (nSPS) is 22.9. The van der Waals surface area contributed by atoms with Crippen molar-refractivity contribution in [3.8, 4) is 0 Å². The summed E-state index contributed by atoms with van der Waals surface area (Å²) in [5.74, 6) is -1.39. The van der Waals surface area contributed by atoms with Crippen LogP contribution >= 0.6 is 0 Å². The maximum atomic E-state index is 12.4. The molecule has 1 aliphatic carbocycles. The van der Waals surface area contributed by atoms with Crippen LogP contribution in [0.4, 0.5) is 5.69 Å². The van der Waals surface area contributed by atoms with Gasteiger partial charge < -0.3 is 5.32 Å². The highest BCUT2D eigenvalue weighted by atomic mass is 16.2. The van der Waals surface area contributed by atoms with E-state index in [1.165, 1.54) is 5.56 Å². The molecule has 1 aromatic rings. The molecule has 1 fully saturated rings. The number of allylic oxidation sites excluding steroid dienone is 2. The highest BCUT2D eigenvalue weighted by Crippen LogP contribution is 2.34. The van der Waals surface area contributed by atoms with Gasteiger partial charge in [-0.15, -0.1) is 0 Å². The molecule has 2 atom stereocenters. The lowest BCUT2D eigenvalue weighted by Crippen LogP contribution is -2.38. The maximum Gasteiger partial charge on any atom is 0.244 e. The van der Waals surface area contributed by atoms with E-state index in [1.807, 2.05) is 36.4 Å². The van der Waals surface area contributed by atoms with Crippen molar-refractivity contribution in [1.29, 1.82) is 0 Å². The first-order valence-corrected chi connectivity index (χ1v) is 8.68. The molecule has 3 rings (SSSR count). The third-order valence-electron chi connectivity index (χ3n) is 4.94. The number of carbonyl (C=O) groups is 3.